The van der Waals surface area contributed by atoms with Gasteiger partial charge < -0.3 is 29.5 Å². The molecule has 0 aliphatic rings. The van der Waals surface area contributed by atoms with Gasteiger partial charge in [0.05, 0.1) is 6.10 Å². The Morgan fingerprint density at radius 1 is 0.812 bits per heavy atom. The lowest BCUT2D eigenvalue weighted by Gasteiger charge is -2.27. The lowest BCUT2D eigenvalue weighted by Crippen LogP contribution is -2.50. The molecule has 0 rings (SSSR count). The molecule has 0 heterocycles. The first-order chi connectivity index (χ1) is 7.20. The summed E-state index contributed by atoms with van der Waals surface area (Å²) in [5.74, 6) is 0. The Balaban J connectivity index is 4.80. The molecule has 0 aromatic heterocycles. The number of hydrogen-bond donors (Lipinski definition) is 6. The Kier molecular flexibility index (Phi) is 6.74. The molecule has 0 aromatic carbocycles. The van der Waals surface area contributed by atoms with Crippen molar-refractivity contribution in [2.24, 2.45) is 0 Å². The van der Waals surface area contributed by atoms with Gasteiger partial charge in [-0.2, -0.15) is 0 Å². The molecule has 0 bridgehead atoms. The van der Waals surface area contributed by atoms with Crippen LogP contribution in [0.3, 0.4) is 0 Å². The van der Waals surface area contributed by atoms with Gasteiger partial charge in [-0.05, 0) is 6.92 Å². The first-order valence-electron chi connectivity index (χ1n) is 4.11. The van der Waals surface area contributed by atoms with Crippen molar-refractivity contribution in [3.05, 3.63) is 0 Å². The molecule has 16 heavy (non-hydrogen) atoms. The van der Waals surface area contributed by atoms with E-state index in [1.54, 1.807) is 0 Å². The number of aliphatic hydroxyl groups excluding tert-OH is 4. The average Bonchev–Trinajstić information content (AvgIpc) is 2.13. The predicted molar refractivity (Wildman–Crippen MR) is 55.0 cm³/mol. The summed E-state index contributed by atoms with van der Waals surface area (Å²) in [5, 5.41) is 36.6. The third-order valence-electron chi connectivity index (χ3n) is 1.87. The van der Waals surface area contributed by atoms with E-state index in [0.29, 0.717) is 0 Å². The second-order valence-electron chi connectivity index (χ2n) is 3.13. The topological polar surface area (TPSA) is 156 Å². The Morgan fingerprint density at radius 3 is 1.44 bits per heavy atom. The standard InChI is InChI=1S/C6H14O8S2/c1-2(7)3(8)4(9)5(10)6(15(11)12)16(13)14/h2-10H,1H3,(H,11,12)(H,13,14)/t2?,3-,4+,5?/m0/s1. The molecule has 6 atom stereocenters. The largest absolute Gasteiger partial charge is 0.391 e. The minimum absolute atomic E-state index is 1.11. The molecule has 8 nitrogen and oxygen atoms in total. The van der Waals surface area contributed by atoms with Crippen LogP contribution in [0.1, 0.15) is 6.92 Å². The highest BCUT2D eigenvalue weighted by Gasteiger charge is 2.39. The average molecular weight is 278 g/mol. The maximum absolute atomic E-state index is 10.6. The smallest absolute Gasteiger partial charge is 0.189 e. The Hall–Kier alpha value is 0.0600. The second-order valence-corrected chi connectivity index (χ2v) is 5.55. The van der Waals surface area contributed by atoms with Gasteiger partial charge in [0.1, 0.15) is 18.3 Å². The van der Waals surface area contributed by atoms with Crippen LogP contribution in [0.25, 0.3) is 0 Å². The predicted octanol–water partition coefficient (Wildman–Crippen LogP) is -2.78. The van der Waals surface area contributed by atoms with E-state index in [9.17, 15) is 18.6 Å². The van der Waals surface area contributed by atoms with E-state index in [1.807, 2.05) is 0 Å². The van der Waals surface area contributed by atoms with Crippen molar-refractivity contribution in [3.8, 4) is 0 Å². The Labute approximate surface area is 96.5 Å². The van der Waals surface area contributed by atoms with Crippen molar-refractivity contribution in [3.63, 3.8) is 0 Å². The number of hydrogen-bond acceptors (Lipinski definition) is 6. The van der Waals surface area contributed by atoms with E-state index in [-0.39, 0.29) is 0 Å². The van der Waals surface area contributed by atoms with Gasteiger partial charge >= 0.3 is 0 Å². The van der Waals surface area contributed by atoms with E-state index in [0.717, 1.165) is 6.92 Å². The van der Waals surface area contributed by atoms with Crippen LogP contribution in [0.4, 0.5) is 0 Å². The van der Waals surface area contributed by atoms with Crippen molar-refractivity contribution in [1.29, 1.82) is 0 Å². The van der Waals surface area contributed by atoms with Crippen LogP contribution in [-0.4, -0.2) is 66.9 Å². The quantitative estimate of drug-likeness (QED) is 0.285. The van der Waals surface area contributed by atoms with E-state index in [4.69, 9.17) is 19.3 Å². The van der Waals surface area contributed by atoms with Gasteiger partial charge in [0, 0.05) is 0 Å². The van der Waals surface area contributed by atoms with E-state index < -0.39 is 51.2 Å². The van der Waals surface area contributed by atoms with Crippen molar-refractivity contribution >= 4 is 22.2 Å². The van der Waals surface area contributed by atoms with Crippen molar-refractivity contribution in [2.75, 3.05) is 0 Å². The van der Waals surface area contributed by atoms with Gasteiger partial charge in [-0.3, -0.25) is 0 Å². The van der Waals surface area contributed by atoms with Gasteiger partial charge in [-0.25, -0.2) is 8.42 Å². The first kappa shape index (κ1) is 16.1. The zero-order valence-corrected chi connectivity index (χ0v) is 9.84. The molecule has 0 spiro atoms. The highest BCUT2D eigenvalue weighted by molar-refractivity contribution is 7.97. The monoisotopic (exact) mass is 278 g/mol. The summed E-state index contributed by atoms with van der Waals surface area (Å²) in [6.45, 7) is 1.11. The molecule has 0 fully saturated rings. The molecule has 98 valence electrons. The lowest BCUT2D eigenvalue weighted by molar-refractivity contribution is -0.0961. The molecule has 0 saturated heterocycles. The van der Waals surface area contributed by atoms with Crippen molar-refractivity contribution < 1.29 is 37.9 Å². The summed E-state index contributed by atoms with van der Waals surface area (Å²) in [5.41, 5.74) is 0. The third kappa shape index (κ3) is 4.14. The van der Waals surface area contributed by atoms with Crippen LogP contribution in [0.2, 0.25) is 0 Å². The second kappa shape index (κ2) is 6.71. The fraction of sp³-hybridized carbons (Fsp3) is 1.00. The van der Waals surface area contributed by atoms with Crippen LogP contribution in [0.15, 0.2) is 0 Å². The van der Waals surface area contributed by atoms with Gasteiger partial charge in [-0.1, -0.05) is 0 Å². The molecule has 10 heteroatoms. The zero-order valence-electron chi connectivity index (χ0n) is 8.20. The van der Waals surface area contributed by atoms with Crippen molar-refractivity contribution in [1.82, 2.24) is 0 Å². The molecule has 0 saturated carbocycles. The minimum Gasteiger partial charge on any atom is -0.391 e. The van der Waals surface area contributed by atoms with Gasteiger partial charge in [0.2, 0.25) is 0 Å². The zero-order chi connectivity index (χ0) is 13.0. The van der Waals surface area contributed by atoms with E-state index in [2.05, 4.69) is 0 Å². The molecular weight excluding hydrogens is 264 g/mol. The molecular formula is C6H14O8S2. The van der Waals surface area contributed by atoms with Gasteiger partial charge in [0.25, 0.3) is 0 Å². The molecule has 6 N–H and O–H groups in total. The van der Waals surface area contributed by atoms with Crippen molar-refractivity contribution in [2.45, 2.75) is 35.9 Å². The van der Waals surface area contributed by atoms with Crippen LogP contribution >= 0.6 is 0 Å². The van der Waals surface area contributed by atoms with E-state index in [1.165, 1.54) is 0 Å². The molecule has 0 radical (unpaired) electrons. The van der Waals surface area contributed by atoms with Crippen LogP contribution in [0, 0.1) is 0 Å². The summed E-state index contributed by atoms with van der Waals surface area (Å²) in [7, 11) is 0. The minimum atomic E-state index is -2.87. The molecule has 0 amide bonds. The lowest BCUT2D eigenvalue weighted by atomic mass is 10.1. The maximum atomic E-state index is 10.6. The first-order valence-corrected chi connectivity index (χ1v) is 6.45. The van der Waals surface area contributed by atoms with Gasteiger partial charge in [0.15, 0.2) is 26.7 Å². The summed E-state index contributed by atoms with van der Waals surface area (Å²) in [4.78, 5) is 0. The molecule has 0 aromatic rings. The Morgan fingerprint density at radius 2 is 1.19 bits per heavy atom. The highest BCUT2D eigenvalue weighted by atomic mass is 32.3. The number of rotatable bonds is 6. The third-order valence-corrected chi connectivity index (χ3v) is 4.21. The van der Waals surface area contributed by atoms with Crippen LogP contribution in [-0.2, 0) is 22.2 Å². The summed E-state index contributed by atoms with van der Waals surface area (Å²) in [6, 6.07) is 0. The normalized spacial score (nSPS) is 25.2. The fourth-order valence-electron chi connectivity index (χ4n) is 0.957. The molecule has 0 aliphatic heterocycles. The summed E-state index contributed by atoms with van der Waals surface area (Å²) < 4.78 is 36.4. The number of aliphatic hydroxyl groups is 4. The van der Waals surface area contributed by atoms with Gasteiger partial charge in [-0.15, -0.1) is 0 Å². The summed E-state index contributed by atoms with van der Waals surface area (Å²) >= 11 is -5.73. The summed E-state index contributed by atoms with van der Waals surface area (Å²) in [6.07, 6.45) is -7.35. The maximum Gasteiger partial charge on any atom is 0.189 e. The molecule has 0 aliphatic carbocycles. The van der Waals surface area contributed by atoms with E-state index >= 15 is 0 Å². The highest BCUT2D eigenvalue weighted by Crippen LogP contribution is 2.13. The van der Waals surface area contributed by atoms with Crippen LogP contribution in [0.5, 0.6) is 0 Å². The Bertz CT molecular complexity index is 255. The molecule has 4 unspecified atom stereocenters. The SMILES string of the molecule is CC(O)[C@H](O)[C@@H](O)C(O)C(S(=O)O)S(=O)O. The van der Waals surface area contributed by atoms with Crippen LogP contribution < -0.4 is 0 Å². The fourth-order valence-corrected chi connectivity index (χ4v) is 2.32.